The molecule has 58 valence electrons. The Hall–Kier alpha value is -1.38. The summed E-state index contributed by atoms with van der Waals surface area (Å²) in [4.78, 5) is 0. The Labute approximate surface area is 64.7 Å². The maximum Gasteiger partial charge on any atom is 0.123 e. The standard InChI is InChI=1S/C8H9FN2/c1-10-11-6-7-2-4-8(9)5-3-7/h2-6,10H,1H3/b11-6-. The number of benzene rings is 1. The highest BCUT2D eigenvalue weighted by Gasteiger charge is 1.87. The fraction of sp³-hybridized carbons (Fsp3) is 0.125. The predicted molar refractivity (Wildman–Crippen MR) is 43.1 cm³/mol. The second-order valence-electron chi connectivity index (χ2n) is 2.03. The van der Waals surface area contributed by atoms with Gasteiger partial charge in [0.15, 0.2) is 0 Å². The molecule has 1 aromatic rings. The summed E-state index contributed by atoms with van der Waals surface area (Å²) in [7, 11) is 1.71. The zero-order valence-electron chi connectivity index (χ0n) is 6.21. The van der Waals surface area contributed by atoms with Gasteiger partial charge in [0.25, 0.3) is 0 Å². The van der Waals surface area contributed by atoms with E-state index in [9.17, 15) is 4.39 Å². The number of halogens is 1. The lowest BCUT2D eigenvalue weighted by Gasteiger charge is -1.91. The Morgan fingerprint density at radius 3 is 2.55 bits per heavy atom. The van der Waals surface area contributed by atoms with Gasteiger partial charge in [-0.25, -0.2) is 4.39 Å². The van der Waals surface area contributed by atoms with Crippen molar-refractivity contribution in [2.24, 2.45) is 5.10 Å². The summed E-state index contributed by atoms with van der Waals surface area (Å²) in [6.07, 6.45) is 1.62. The number of nitrogens with one attached hydrogen (secondary N) is 1. The molecule has 0 heterocycles. The Balaban J connectivity index is 2.73. The zero-order valence-corrected chi connectivity index (χ0v) is 6.21. The molecule has 0 bridgehead atoms. The summed E-state index contributed by atoms with van der Waals surface area (Å²) in [6, 6.07) is 6.13. The first-order valence-electron chi connectivity index (χ1n) is 3.28. The van der Waals surface area contributed by atoms with E-state index in [4.69, 9.17) is 0 Å². The van der Waals surface area contributed by atoms with Gasteiger partial charge in [-0.3, -0.25) is 0 Å². The van der Waals surface area contributed by atoms with E-state index in [1.54, 1.807) is 25.4 Å². The molecule has 0 saturated heterocycles. The van der Waals surface area contributed by atoms with Crippen LogP contribution >= 0.6 is 0 Å². The third-order valence-electron chi connectivity index (χ3n) is 1.21. The molecule has 0 unspecified atom stereocenters. The van der Waals surface area contributed by atoms with Crippen LogP contribution in [0.4, 0.5) is 4.39 Å². The minimum atomic E-state index is -0.230. The van der Waals surface area contributed by atoms with Crippen molar-refractivity contribution >= 4 is 6.21 Å². The topological polar surface area (TPSA) is 24.4 Å². The van der Waals surface area contributed by atoms with Gasteiger partial charge in [-0.15, -0.1) is 0 Å². The maximum atomic E-state index is 12.3. The molecular weight excluding hydrogens is 143 g/mol. The molecule has 1 rings (SSSR count). The van der Waals surface area contributed by atoms with Crippen LogP contribution in [0.15, 0.2) is 29.4 Å². The predicted octanol–water partition coefficient (Wildman–Crippen LogP) is 1.38. The summed E-state index contributed by atoms with van der Waals surface area (Å²) in [5.74, 6) is -0.230. The van der Waals surface area contributed by atoms with Crippen LogP contribution in [0, 0.1) is 5.82 Å². The summed E-state index contributed by atoms with van der Waals surface area (Å²) >= 11 is 0. The summed E-state index contributed by atoms with van der Waals surface area (Å²) in [5.41, 5.74) is 3.48. The van der Waals surface area contributed by atoms with E-state index < -0.39 is 0 Å². The Bertz CT molecular complexity index is 241. The molecular formula is C8H9FN2. The molecule has 0 atom stereocenters. The van der Waals surface area contributed by atoms with Gasteiger partial charge in [-0.2, -0.15) is 5.10 Å². The van der Waals surface area contributed by atoms with E-state index in [0.29, 0.717) is 0 Å². The molecule has 0 amide bonds. The smallest absolute Gasteiger partial charge is 0.123 e. The summed E-state index contributed by atoms with van der Waals surface area (Å²) in [5, 5.41) is 3.77. The average molecular weight is 152 g/mol. The van der Waals surface area contributed by atoms with Crippen LogP contribution in [0.5, 0.6) is 0 Å². The molecule has 2 nitrogen and oxygen atoms in total. The van der Waals surface area contributed by atoms with Gasteiger partial charge in [0.05, 0.1) is 6.21 Å². The molecule has 0 fully saturated rings. The molecule has 0 aliphatic carbocycles. The Morgan fingerprint density at radius 2 is 2.00 bits per heavy atom. The second-order valence-corrected chi connectivity index (χ2v) is 2.03. The highest BCUT2D eigenvalue weighted by atomic mass is 19.1. The van der Waals surface area contributed by atoms with Crippen molar-refractivity contribution in [3.63, 3.8) is 0 Å². The molecule has 0 aliphatic rings. The van der Waals surface area contributed by atoms with E-state index in [1.807, 2.05) is 0 Å². The minimum Gasteiger partial charge on any atom is -0.313 e. The SMILES string of the molecule is CN/N=C\c1ccc(F)cc1. The largest absolute Gasteiger partial charge is 0.313 e. The minimum absolute atomic E-state index is 0.230. The van der Waals surface area contributed by atoms with Crippen molar-refractivity contribution in [1.29, 1.82) is 0 Å². The lowest BCUT2D eigenvalue weighted by molar-refractivity contribution is 0.628. The molecule has 11 heavy (non-hydrogen) atoms. The molecule has 0 aliphatic heterocycles. The number of hydrogen-bond donors (Lipinski definition) is 1. The average Bonchev–Trinajstić information content (AvgIpc) is 2.04. The van der Waals surface area contributed by atoms with Gasteiger partial charge in [-0.05, 0) is 17.7 Å². The van der Waals surface area contributed by atoms with E-state index in [1.165, 1.54) is 12.1 Å². The Kier molecular flexibility index (Phi) is 2.60. The maximum absolute atomic E-state index is 12.3. The van der Waals surface area contributed by atoms with Gasteiger partial charge >= 0.3 is 0 Å². The molecule has 1 aromatic carbocycles. The van der Waals surface area contributed by atoms with Crippen LogP contribution in [0.1, 0.15) is 5.56 Å². The van der Waals surface area contributed by atoms with Crippen molar-refractivity contribution in [2.75, 3.05) is 7.05 Å². The first-order valence-corrected chi connectivity index (χ1v) is 3.28. The van der Waals surface area contributed by atoms with Gasteiger partial charge in [0, 0.05) is 7.05 Å². The molecule has 0 radical (unpaired) electrons. The van der Waals surface area contributed by atoms with Crippen LogP contribution in [0.3, 0.4) is 0 Å². The lowest BCUT2D eigenvalue weighted by Crippen LogP contribution is -1.94. The van der Waals surface area contributed by atoms with Gasteiger partial charge in [0.1, 0.15) is 5.82 Å². The van der Waals surface area contributed by atoms with Crippen LogP contribution in [-0.2, 0) is 0 Å². The van der Waals surface area contributed by atoms with Crippen molar-refractivity contribution in [2.45, 2.75) is 0 Å². The third-order valence-corrected chi connectivity index (χ3v) is 1.21. The van der Waals surface area contributed by atoms with E-state index in [2.05, 4.69) is 10.5 Å². The van der Waals surface area contributed by atoms with Gasteiger partial charge in [-0.1, -0.05) is 12.1 Å². The van der Waals surface area contributed by atoms with Gasteiger partial charge < -0.3 is 5.43 Å². The molecule has 1 N–H and O–H groups in total. The summed E-state index contributed by atoms with van der Waals surface area (Å²) < 4.78 is 12.3. The van der Waals surface area contributed by atoms with E-state index in [-0.39, 0.29) is 5.82 Å². The first kappa shape index (κ1) is 7.72. The highest BCUT2D eigenvalue weighted by molar-refractivity contribution is 5.79. The van der Waals surface area contributed by atoms with Crippen molar-refractivity contribution in [3.05, 3.63) is 35.6 Å². The monoisotopic (exact) mass is 152 g/mol. The number of hydrazone groups is 1. The number of rotatable bonds is 2. The fourth-order valence-corrected chi connectivity index (χ4v) is 0.688. The lowest BCUT2D eigenvalue weighted by atomic mass is 10.2. The van der Waals surface area contributed by atoms with Crippen molar-refractivity contribution < 1.29 is 4.39 Å². The molecule has 0 saturated carbocycles. The Morgan fingerprint density at radius 1 is 1.36 bits per heavy atom. The first-order chi connectivity index (χ1) is 5.33. The zero-order chi connectivity index (χ0) is 8.10. The van der Waals surface area contributed by atoms with Crippen molar-refractivity contribution in [1.82, 2.24) is 5.43 Å². The number of hydrogen-bond acceptors (Lipinski definition) is 2. The normalized spacial score (nSPS) is 10.4. The van der Waals surface area contributed by atoms with Crippen LogP contribution in [0.2, 0.25) is 0 Å². The summed E-state index contributed by atoms with van der Waals surface area (Å²) in [6.45, 7) is 0. The van der Waals surface area contributed by atoms with E-state index >= 15 is 0 Å². The highest BCUT2D eigenvalue weighted by Crippen LogP contribution is 1.99. The van der Waals surface area contributed by atoms with E-state index in [0.717, 1.165) is 5.56 Å². The van der Waals surface area contributed by atoms with Crippen LogP contribution < -0.4 is 5.43 Å². The number of nitrogens with zero attached hydrogens (tertiary/aromatic N) is 1. The van der Waals surface area contributed by atoms with Crippen LogP contribution in [-0.4, -0.2) is 13.3 Å². The fourth-order valence-electron chi connectivity index (χ4n) is 0.688. The molecule has 3 heteroatoms. The third kappa shape index (κ3) is 2.37. The van der Waals surface area contributed by atoms with Crippen molar-refractivity contribution in [3.8, 4) is 0 Å². The molecule has 0 aromatic heterocycles. The quantitative estimate of drug-likeness (QED) is 0.502. The van der Waals surface area contributed by atoms with Gasteiger partial charge in [0.2, 0.25) is 0 Å². The second kappa shape index (κ2) is 3.71. The molecule has 0 spiro atoms. The van der Waals surface area contributed by atoms with Crippen LogP contribution in [0.25, 0.3) is 0 Å².